The van der Waals surface area contributed by atoms with Crippen molar-refractivity contribution in [2.45, 2.75) is 38.6 Å². The van der Waals surface area contributed by atoms with Crippen LogP contribution in [0.5, 0.6) is 5.75 Å². The number of benzene rings is 1. The Balaban J connectivity index is 1.38. The topological polar surface area (TPSA) is 72.9 Å². The third-order valence-corrected chi connectivity index (χ3v) is 6.05. The molecule has 32 heavy (non-hydrogen) atoms. The van der Waals surface area contributed by atoms with Crippen LogP contribution >= 0.6 is 0 Å². The van der Waals surface area contributed by atoms with Crippen LogP contribution in [0.3, 0.4) is 0 Å². The number of pyridine rings is 1. The van der Waals surface area contributed by atoms with E-state index in [2.05, 4.69) is 9.97 Å². The SMILES string of the molecule is COc1cccc(Cc2cnc(C3CCCCN3C(=O)c3cn4c(C)cccc4n3)o2)c1. The molecule has 3 aromatic heterocycles. The number of methoxy groups -OCH3 is 1. The van der Waals surface area contributed by atoms with Gasteiger partial charge in [-0.1, -0.05) is 18.2 Å². The number of carbonyl (C=O) groups is 1. The van der Waals surface area contributed by atoms with Gasteiger partial charge in [-0.25, -0.2) is 9.97 Å². The van der Waals surface area contributed by atoms with Gasteiger partial charge < -0.3 is 18.5 Å². The number of likely N-dealkylation sites (tertiary alicyclic amines) is 1. The number of hydrogen-bond donors (Lipinski definition) is 0. The summed E-state index contributed by atoms with van der Waals surface area (Å²) in [5, 5.41) is 0. The number of rotatable bonds is 5. The van der Waals surface area contributed by atoms with Crippen molar-refractivity contribution in [3.63, 3.8) is 0 Å². The molecule has 164 valence electrons. The number of fused-ring (bicyclic) bond motifs is 1. The molecule has 1 aliphatic heterocycles. The molecule has 0 saturated carbocycles. The molecule has 1 fully saturated rings. The Kier molecular flexibility index (Phi) is 5.39. The van der Waals surface area contributed by atoms with E-state index in [1.807, 2.05) is 64.9 Å². The third kappa shape index (κ3) is 3.86. The van der Waals surface area contributed by atoms with Crippen LogP contribution in [0.2, 0.25) is 0 Å². The largest absolute Gasteiger partial charge is 0.497 e. The van der Waals surface area contributed by atoms with Crippen LogP contribution in [0.4, 0.5) is 0 Å². The maximum absolute atomic E-state index is 13.4. The Morgan fingerprint density at radius 2 is 2.09 bits per heavy atom. The number of hydrogen-bond acceptors (Lipinski definition) is 5. The fourth-order valence-electron chi connectivity index (χ4n) is 4.37. The summed E-state index contributed by atoms with van der Waals surface area (Å²) in [5.74, 6) is 2.10. The van der Waals surface area contributed by atoms with Crippen LogP contribution < -0.4 is 4.74 Å². The molecule has 7 nitrogen and oxygen atoms in total. The number of aryl methyl sites for hydroxylation is 1. The van der Waals surface area contributed by atoms with Gasteiger partial charge >= 0.3 is 0 Å². The van der Waals surface area contributed by atoms with Gasteiger partial charge in [-0.05, 0) is 56.0 Å². The Morgan fingerprint density at radius 1 is 1.22 bits per heavy atom. The molecular formula is C25H26N4O3. The molecule has 0 N–H and O–H groups in total. The van der Waals surface area contributed by atoms with Gasteiger partial charge in [-0.15, -0.1) is 0 Å². The highest BCUT2D eigenvalue weighted by Gasteiger charge is 2.33. The summed E-state index contributed by atoms with van der Waals surface area (Å²) in [6.07, 6.45) is 7.04. The Morgan fingerprint density at radius 3 is 2.94 bits per heavy atom. The minimum absolute atomic E-state index is 0.0784. The van der Waals surface area contributed by atoms with E-state index >= 15 is 0 Å². The van der Waals surface area contributed by atoms with Gasteiger partial charge in [0.1, 0.15) is 28.9 Å². The standard InChI is InChI=1S/C25H26N4O3/c1-17-7-5-11-23-27-21(16-29(17)23)25(30)28-12-4-3-10-22(28)24-26-15-20(32-24)14-18-8-6-9-19(13-18)31-2/h5-9,11,13,15-16,22H,3-4,10,12,14H2,1-2H3. The molecule has 1 atom stereocenters. The first kappa shape index (κ1) is 20.3. The highest BCUT2D eigenvalue weighted by atomic mass is 16.5. The average molecular weight is 431 g/mol. The molecule has 4 aromatic rings. The molecule has 1 aromatic carbocycles. The fraction of sp³-hybridized carbons (Fsp3) is 0.320. The number of piperidine rings is 1. The van der Waals surface area contributed by atoms with Gasteiger partial charge in [0, 0.05) is 24.9 Å². The van der Waals surface area contributed by atoms with E-state index in [1.54, 1.807) is 13.3 Å². The quantitative estimate of drug-likeness (QED) is 0.463. The third-order valence-electron chi connectivity index (χ3n) is 6.05. The van der Waals surface area contributed by atoms with Crippen molar-refractivity contribution in [3.05, 3.63) is 83.5 Å². The fourth-order valence-corrected chi connectivity index (χ4v) is 4.37. The van der Waals surface area contributed by atoms with Crippen LogP contribution in [0.25, 0.3) is 5.65 Å². The van der Waals surface area contributed by atoms with Crippen molar-refractivity contribution in [1.82, 2.24) is 19.3 Å². The summed E-state index contributed by atoms with van der Waals surface area (Å²) in [7, 11) is 1.66. The molecule has 1 aliphatic rings. The molecule has 0 bridgehead atoms. The van der Waals surface area contributed by atoms with Crippen LogP contribution in [-0.2, 0) is 6.42 Å². The number of oxazole rings is 1. The highest BCUT2D eigenvalue weighted by molar-refractivity contribution is 5.93. The second kappa shape index (κ2) is 8.49. The smallest absolute Gasteiger partial charge is 0.274 e. The summed E-state index contributed by atoms with van der Waals surface area (Å²) in [6.45, 7) is 2.67. The monoisotopic (exact) mass is 430 g/mol. The van der Waals surface area contributed by atoms with Gasteiger partial charge in [0.05, 0.1) is 13.3 Å². The van der Waals surface area contributed by atoms with E-state index in [9.17, 15) is 4.79 Å². The van der Waals surface area contributed by atoms with Crippen molar-refractivity contribution in [3.8, 4) is 5.75 Å². The number of aromatic nitrogens is 3. The molecular weight excluding hydrogens is 404 g/mol. The van der Waals surface area contributed by atoms with Crippen LogP contribution in [0, 0.1) is 6.92 Å². The molecule has 0 spiro atoms. The minimum Gasteiger partial charge on any atom is -0.497 e. The first-order valence-corrected chi connectivity index (χ1v) is 11.0. The number of ether oxygens (including phenoxy) is 1. The first-order chi connectivity index (χ1) is 15.6. The summed E-state index contributed by atoms with van der Waals surface area (Å²) in [5.41, 5.74) is 3.36. The summed E-state index contributed by atoms with van der Waals surface area (Å²) in [4.78, 5) is 24.4. The van der Waals surface area contributed by atoms with Crippen LogP contribution in [0.15, 0.2) is 59.3 Å². The van der Waals surface area contributed by atoms with Gasteiger partial charge in [-0.2, -0.15) is 0 Å². The number of amides is 1. The second-order valence-electron chi connectivity index (χ2n) is 8.22. The number of nitrogens with zero attached hydrogens (tertiary/aromatic N) is 4. The lowest BCUT2D eigenvalue weighted by Crippen LogP contribution is -2.38. The maximum atomic E-state index is 13.4. The van der Waals surface area contributed by atoms with Crippen LogP contribution in [-0.4, -0.2) is 38.8 Å². The summed E-state index contributed by atoms with van der Waals surface area (Å²) < 4.78 is 13.4. The molecule has 1 unspecified atom stereocenters. The first-order valence-electron chi connectivity index (χ1n) is 11.0. The summed E-state index contributed by atoms with van der Waals surface area (Å²) >= 11 is 0. The zero-order chi connectivity index (χ0) is 22.1. The molecule has 0 aliphatic carbocycles. The van der Waals surface area contributed by atoms with Gasteiger partial charge in [0.25, 0.3) is 5.91 Å². The van der Waals surface area contributed by atoms with Crippen molar-refractivity contribution < 1.29 is 13.9 Å². The van der Waals surface area contributed by atoms with Crippen molar-refractivity contribution in [2.24, 2.45) is 0 Å². The molecule has 7 heteroatoms. The molecule has 4 heterocycles. The molecule has 1 saturated heterocycles. The highest BCUT2D eigenvalue weighted by Crippen LogP contribution is 2.32. The normalized spacial score (nSPS) is 16.4. The average Bonchev–Trinajstić information content (AvgIpc) is 3.47. The predicted octanol–water partition coefficient (Wildman–Crippen LogP) is 4.60. The Labute approximate surface area is 186 Å². The van der Waals surface area contributed by atoms with Gasteiger partial charge in [0.15, 0.2) is 0 Å². The number of carbonyl (C=O) groups excluding carboxylic acids is 1. The van der Waals surface area contributed by atoms with E-state index < -0.39 is 0 Å². The lowest BCUT2D eigenvalue weighted by Gasteiger charge is -2.33. The van der Waals surface area contributed by atoms with E-state index in [0.717, 1.165) is 47.7 Å². The van der Waals surface area contributed by atoms with Crippen molar-refractivity contribution >= 4 is 11.6 Å². The molecule has 0 radical (unpaired) electrons. The molecule has 5 rings (SSSR count). The van der Waals surface area contributed by atoms with Crippen molar-refractivity contribution in [1.29, 1.82) is 0 Å². The number of imidazole rings is 1. The Hall–Kier alpha value is -3.61. The minimum atomic E-state index is -0.179. The van der Waals surface area contributed by atoms with E-state index in [4.69, 9.17) is 9.15 Å². The maximum Gasteiger partial charge on any atom is 0.274 e. The lowest BCUT2D eigenvalue weighted by molar-refractivity contribution is 0.0564. The Bertz CT molecular complexity index is 1260. The van der Waals surface area contributed by atoms with E-state index in [1.165, 1.54) is 0 Å². The summed E-state index contributed by atoms with van der Waals surface area (Å²) in [6, 6.07) is 13.6. The van der Waals surface area contributed by atoms with Crippen molar-refractivity contribution in [2.75, 3.05) is 13.7 Å². The van der Waals surface area contributed by atoms with Crippen LogP contribution in [0.1, 0.15) is 58.7 Å². The van der Waals surface area contributed by atoms with E-state index in [-0.39, 0.29) is 11.9 Å². The second-order valence-corrected chi connectivity index (χ2v) is 8.22. The van der Waals surface area contributed by atoms with E-state index in [0.29, 0.717) is 24.6 Å². The predicted molar refractivity (Wildman–Crippen MR) is 120 cm³/mol. The molecule has 1 amide bonds. The lowest BCUT2D eigenvalue weighted by atomic mass is 10.0. The van der Waals surface area contributed by atoms with Gasteiger partial charge in [0.2, 0.25) is 5.89 Å². The zero-order valence-corrected chi connectivity index (χ0v) is 18.3. The van der Waals surface area contributed by atoms with Gasteiger partial charge in [-0.3, -0.25) is 4.79 Å². The zero-order valence-electron chi connectivity index (χ0n) is 18.3.